The number of carboxylic acid groups (broad SMARTS) is 2. The number of carboxylic acids is 2. The van der Waals surface area contributed by atoms with Crippen LogP contribution in [0.3, 0.4) is 0 Å². The van der Waals surface area contributed by atoms with Gasteiger partial charge in [-0.05, 0) is 41.8 Å². The number of hydrogen-bond acceptors (Lipinski definition) is 9. The van der Waals surface area contributed by atoms with Crippen LogP contribution < -0.4 is 16.8 Å². The SMILES string of the molecule is Nc1nc(N)c2cc(CCOC(=O)Cc3ccc(C(=O)NC(CCC(=O)O)C(=O)O)cc3)ccc2n1. The molecule has 12 nitrogen and oxygen atoms in total. The number of benzene rings is 2. The van der Waals surface area contributed by atoms with Gasteiger partial charge in [0.25, 0.3) is 5.91 Å². The van der Waals surface area contributed by atoms with Crippen LogP contribution in [-0.2, 0) is 32.0 Å². The molecule has 0 aliphatic rings. The van der Waals surface area contributed by atoms with Gasteiger partial charge in [0.05, 0.1) is 18.5 Å². The number of esters is 1. The first-order valence-corrected chi connectivity index (χ1v) is 10.9. The number of hydrogen-bond donors (Lipinski definition) is 5. The summed E-state index contributed by atoms with van der Waals surface area (Å²) >= 11 is 0. The molecular weight excluding hydrogens is 470 g/mol. The Hall–Kier alpha value is -4.74. The standard InChI is InChI=1S/C24H25N5O7/c25-21-16-11-14(3-6-17(16)28-24(26)29-21)9-10-36-20(32)12-13-1-4-15(5-2-13)22(33)27-18(23(34)35)7-8-19(30)31/h1-6,11,18H,7-10,12H2,(H,27,33)(H,30,31)(H,34,35)(H4,25,26,28,29). The van der Waals surface area contributed by atoms with Gasteiger partial charge in [0.1, 0.15) is 11.9 Å². The van der Waals surface area contributed by atoms with Gasteiger partial charge in [-0.1, -0.05) is 18.2 Å². The molecule has 0 bridgehead atoms. The van der Waals surface area contributed by atoms with E-state index < -0.39 is 36.3 Å². The highest BCUT2D eigenvalue weighted by Crippen LogP contribution is 2.20. The first-order valence-electron chi connectivity index (χ1n) is 10.9. The minimum absolute atomic E-state index is 0.0178. The molecular formula is C24H25N5O7. The number of ether oxygens (including phenoxy) is 1. The van der Waals surface area contributed by atoms with Crippen molar-refractivity contribution in [2.45, 2.75) is 31.7 Å². The second-order valence-electron chi connectivity index (χ2n) is 7.96. The lowest BCUT2D eigenvalue weighted by molar-refractivity contribution is -0.143. The second kappa shape index (κ2) is 11.6. The van der Waals surface area contributed by atoms with Crippen molar-refractivity contribution in [2.24, 2.45) is 0 Å². The topological polar surface area (TPSA) is 208 Å². The minimum atomic E-state index is -1.33. The third-order valence-corrected chi connectivity index (χ3v) is 5.28. The van der Waals surface area contributed by atoms with Crippen LogP contribution in [0.5, 0.6) is 0 Å². The second-order valence-corrected chi connectivity index (χ2v) is 7.96. The van der Waals surface area contributed by atoms with E-state index in [-0.39, 0.29) is 36.8 Å². The first-order chi connectivity index (χ1) is 17.1. The molecule has 0 aliphatic heterocycles. The zero-order chi connectivity index (χ0) is 26.2. The van der Waals surface area contributed by atoms with E-state index >= 15 is 0 Å². The van der Waals surface area contributed by atoms with Gasteiger partial charge < -0.3 is 31.7 Å². The van der Waals surface area contributed by atoms with Crippen LogP contribution in [-0.4, -0.2) is 56.6 Å². The maximum absolute atomic E-state index is 12.3. The smallest absolute Gasteiger partial charge is 0.326 e. The summed E-state index contributed by atoms with van der Waals surface area (Å²) in [6, 6.07) is 10.1. The fraction of sp³-hybridized carbons (Fsp3) is 0.250. The van der Waals surface area contributed by atoms with Crippen LogP contribution in [0.25, 0.3) is 10.9 Å². The highest BCUT2D eigenvalue weighted by Gasteiger charge is 2.21. The number of rotatable bonds is 11. The number of nitrogens with zero attached hydrogens (tertiary/aromatic N) is 2. The van der Waals surface area contributed by atoms with Crippen LogP contribution in [0.4, 0.5) is 11.8 Å². The number of fused-ring (bicyclic) bond motifs is 1. The maximum Gasteiger partial charge on any atom is 0.326 e. The molecule has 1 amide bonds. The van der Waals surface area contributed by atoms with E-state index in [2.05, 4.69) is 15.3 Å². The van der Waals surface area contributed by atoms with E-state index in [9.17, 15) is 19.2 Å². The zero-order valence-electron chi connectivity index (χ0n) is 19.1. The van der Waals surface area contributed by atoms with Crippen molar-refractivity contribution in [3.8, 4) is 0 Å². The number of nitrogens with one attached hydrogen (secondary N) is 1. The molecule has 1 aromatic heterocycles. The molecule has 1 atom stereocenters. The number of anilines is 2. The van der Waals surface area contributed by atoms with Crippen LogP contribution in [0, 0.1) is 0 Å². The van der Waals surface area contributed by atoms with Gasteiger partial charge in [-0.3, -0.25) is 14.4 Å². The van der Waals surface area contributed by atoms with Gasteiger partial charge in [-0.25, -0.2) is 9.78 Å². The average Bonchev–Trinajstić information content (AvgIpc) is 2.82. The molecule has 7 N–H and O–H groups in total. The van der Waals surface area contributed by atoms with E-state index in [0.29, 0.717) is 22.9 Å². The molecule has 0 fully saturated rings. The molecule has 1 unspecified atom stereocenters. The summed E-state index contributed by atoms with van der Waals surface area (Å²) in [5.74, 6) is -3.24. The Morgan fingerprint density at radius 2 is 1.67 bits per heavy atom. The summed E-state index contributed by atoms with van der Waals surface area (Å²) in [5.41, 5.74) is 13.8. The zero-order valence-corrected chi connectivity index (χ0v) is 19.1. The summed E-state index contributed by atoms with van der Waals surface area (Å²) in [4.78, 5) is 54.5. The summed E-state index contributed by atoms with van der Waals surface area (Å²) < 4.78 is 5.30. The van der Waals surface area contributed by atoms with Crippen molar-refractivity contribution in [2.75, 3.05) is 18.1 Å². The van der Waals surface area contributed by atoms with Crippen LogP contribution in [0.1, 0.15) is 34.3 Å². The van der Waals surface area contributed by atoms with Gasteiger partial charge in [-0.15, -0.1) is 0 Å². The maximum atomic E-state index is 12.3. The number of carbonyl (C=O) groups excluding carboxylic acids is 2. The lowest BCUT2D eigenvalue weighted by atomic mass is 10.1. The Morgan fingerprint density at radius 1 is 0.972 bits per heavy atom. The van der Waals surface area contributed by atoms with Gasteiger partial charge in [0, 0.05) is 23.8 Å². The fourth-order valence-corrected chi connectivity index (χ4v) is 3.41. The number of amides is 1. The lowest BCUT2D eigenvalue weighted by Gasteiger charge is -2.13. The fourth-order valence-electron chi connectivity index (χ4n) is 3.41. The van der Waals surface area contributed by atoms with Crippen LogP contribution in [0.15, 0.2) is 42.5 Å². The highest BCUT2D eigenvalue weighted by molar-refractivity contribution is 5.96. The molecule has 0 aliphatic carbocycles. The Kier molecular flexibility index (Phi) is 8.34. The van der Waals surface area contributed by atoms with Crippen LogP contribution in [0.2, 0.25) is 0 Å². The van der Waals surface area contributed by atoms with Crippen molar-refractivity contribution < 1.29 is 34.1 Å². The average molecular weight is 495 g/mol. The Morgan fingerprint density at radius 3 is 2.33 bits per heavy atom. The Balaban J connectivity index is 1.49. The molecule has 36 heavy (non-hydrogen) atoms. The van der Waals surface area contributed by atoms with Gasteiger partial charge in [0.15, 0.2) is 0 Å². The van der Waals surface area contributed by atoms with Crippen LogP contribution >= 0.6 is 0 Å². The Labute approximate surface area is 205 Å². The van der Waals surface area contributed by atoms with E-state index in [0.717, 1.165) is 5.56 Å². The van der Waals surface area contributed by atoms with Gasteiger partial charge in [0.2, 0.25) is 5.95 Å². The molecule has 0 saturated heterocycles. The summed E-state index contributed by atoms with van der Waals surface area (Å²) in [7, 11) is 0. The van der Waals surface area contributed by atoms with Crippen molar-refractivity contribution >= 4 is 46.5 Å². The third kappa shape index (κ3) is 7.13. The molecule has 1 heterocycles. The number of nitrogen functional groups attached to an aromatic ring is 2. The number of carbonyl (C=O) groups is 4. The van der Waals surface area contributed by atoms with Crippen molar-refractivity contribution in [3.05, 3.63) is 59.2 Å². The highest BCUT2D eigenvalue weighted by atomic mass is 16.5. The van der Waals surface area contributed by atoms with E-state index in [1.807, 2.05) is 12.1 Å². The first kappa shape index (κ1) is 25.9. The number of aliphatic carboxylic acids is 2. The van der Waals surface area contributed by atoms with E-state index in [1.54, 1.807) is 18.2 Å². The predicted octanol–water partition coefficient (Wildman–Crippen LogP) is 1.17. The summed E-state index contributed by atoms with van der Waals surface area (Å²) in [6.45, 7) is 0.146. The number of nitrogens with two attached hydrogens (primary N) is 2. The summed E-state index contributed by atoms with van der Waals surface area (Å²) in [6.07, 6.45) is -0.195. The quantitative estimate of drug-likeness (QED) is 0.238. The lowest BCUT2D eigenvalue weighted by Crippen LogP contribution is -2.41. The Bertz CT molecular complexity index is 1290. The van der Waals surface area contributed by atoms with Crippen molar-refractivity contribution in [1.82, 2.24) is 15.3 Å². The molecule has 3 aromatic rings. The van der Waals surface area contributed by atoms with Crippen molar-refractivity contribution in [1.29, 1.82) is 0 Å². The normalized spacial score (nSPS) is 11.6. The molecule has 0 saturated carbocycles. The monoisotopic (exact) mass is 495 g/mol. The minimum Gasteiger partial charge on any atom is -0.481 e. The molecule has 3 rings (SSSR count). The molecule has 2 aromatic carbocycles. The summed E-state index contributed by atoms with van der Waals surface area (Å²) in [5, 5.41) is 20.8. The molecule has 188 valence electrons. The third-order valence-electron chi connectivity index (χ3n) is 5.28. The molecule has 0 spiro atoms. The van der Waals surface area contributed by atoms with Gasteiger partial charge in [-0.2, -0.15) is 4.98 Å². The van der Waals surface area contributed by atoms with E-state index in [1.165, 1.54) is 12.1 Å². The number of aromatic nitrogens is 2. The largest absolute Gasteiger partial charge is 0.481 e. The van der Waals surface area contributed by atoms with Crippen molar-refractivity contribution in [3.63, 3.8) is 0 Å². The molecule has 0 radical (unpaired) electrons. The van der Waals surface area contributed by atoms with Gasteiger partial charge >= 0.3 is 17.9 Å². The predicted molar refractivity (Wildman–Crippen MR) is 129 cm³/mol. The van der Waals surface area contributed by atoms with E-state index in [4.69, 9.17) is 26.4 Å². The molecule has 12 heteroatoms.